The van der Waals surface area contributed by atoms with Gasteiger partial charge in [-0.25, -0.2) is 9.18 Å². The van der Waals surface area contributed by atoms with Crippen molar-refractivity contribution in [1.82, 2.24) is 10.2 Å². The zero-order valence-corrected chi connectivity index (χ0v) is 13.1. The molecule has 2 aromatic carbocycles. The number of carbonyl (C=O) groups is 1. The number of nitrogens with zero attached hydrogens (tertiary/aromatic N) is 2. The fraction of sp³-hybridized carbons (Fsp3) is 0.176. The minimum atomic E-state index is -0.296. The van der Waals surface area contributed by atoms with E-state index < -0.39 is 0 Å². The largest absolute Gasteiger partial charge is 0.334 e. The van der Waals surface area contributed by atoms with Crippen molar-refractivity contribution in [3.05, 3.63) is 70.5 Å². The number of aliphatic imine (C=N–C) groups is 1. The summed E-state index contributed by atoms with van der Waals surface area (Å²) in [5.41, 5.74) is 1.65. The highest BCUT2D eigenvalue weighted by Gasteiger charge is 2.24. The quantitative estimate of drug-likeness (QED) is 0.920. The molecule has 1 aliphatic heterocycles. The fourth-order valence-electron chi connectivity index (χ4n) is 2.39. The molecule has 0 unspecified atom stereocenters. The summed E-state index contributed by atoms with van der Waals surface area (Å²) in [6.45, 7) is 1.42. The van der Waals surface area contributed by atoms with Crippen LogP contribution >= 0.6 is 11.6 Å². The van der Waals surface area contributed by atoms with Gasteiger partial charge >= 0.3 is 6.03 Å². The van der Waals surface area contributed by atoms with Gasteiger partial charge in [-0.1, -0.05) is 35.9 Å². The second-order valence-corrected chi connectivity index (χ2v) is 5.59. The van der Waals surface area contributed by atoms with Crippen LogP contribution in [0.4, 0.5) is 9.18 Å². The first-order chi connectivity index (χ1) is 11.1. The predicted octanol–water partition coefficient (Wildman–Crippen LogP) is 3.45. The van der Waals surface area contributed by atoms with E-state index in [0.29, 0.717) is 30.5 Å². The third kappa shape index (κ3) is 3.68. The van der Waals surface area contributed by atoms with Crippen LogP contribution in [0.3, 0.4) is 0 Å². The fourth-order valence-corrected chi connectivity index (χ4v) is 2.59. The van der Waals surface area contributed by atoms with Crippen molar-refractivity contribution < 1.29 is 9.18 Å². The van der Waals surface area contributed by atoms with Gasteiger partial charge in [0.15, 0.2) is 0 Å². The lowest BCUT2D eigenvalue weighted by Gasteiger charge is -2.19. The normalized spacial score (nSPS) is 13.8. The van der Waals surface area contributed by atoms with Gasteiger partial charge in [-0.05, 0) is 29.8 Å². The number of carbonyl (C=O) groups excluding carboxylic acids is 1. The van der Waals surface area contributed by atoms with E-state index in [1.807, 2.05) is 12.1 Å². The molecule has 0 saturated carbocycles. The van der Waals surface area contributed by atoms with E-state index in [4.69, 9.17) is 11.6 Å². The summed E-state index contributed by atoms with van der Waals surface area (Å²) in [4.78, 5) is 18.4. The van der Waals surface area contributed by atoms with Crippen molar-refractivity contribution in [1.29, 1.82) is 0 Å². The second kappa shape index (κ2) is 6.79. The van der Waals surface area contributed by atoms with Crippen molar-refractivity contribution in [2.75, 3.05) is 13.1 Å². The molecule has 0 bridgehead atoms. The summed E-state index contributed by atoms with van der Waals surface area (Å²) in [6.07, 6.45) is 0. The Bertz CT molecular complexity index is 746. The number of benzene rings is 2. The number of amides is 2. The Hall–Kier alpha value is -2.40. The summed E-state index contributed by atoms with van der Waals surface area (Å²) in [5.74, 6) is 0.319. The molecule has 3 rings (SSSR count). The van der Waals surface area contributed by atoms with Crippen LogP contribution in [0.15, 0.2) is 53.5 Å². The van der Waals surface area contributed by atoms with Gasteiger partial charge in [0.1, 0.15) is 11.7 Å². The van der Waals surface area contributed by atoms with Gasteiger partial charge in [0.25, 0.3) is 0 Å². The summed E-state index contributed by atoms with van der Waals surface area (Å²) in [7, 11) is 0. The lowest BCUT2D eigenvalue weighted by molar-refractivity contribution is 0.223. The average molecular weight is 332 g/mol. The summed E-state index contributed by atoms with van der Waals surface area (Å²) < 4.78 is 12.9. The second-order valence-electron chi connectivity index (χ2n) is 5.15. The van der Waals surface area contributed by atoms with E-state index in [1.165, 1.54) is 12.1 Å². The predicted molar refractivity (Wildman–Crippen MR) is 88.2 cm³/mol. The van der Waals surface area contributed by atoms with Gasteiger partial charge in [0, 0.05) is 23.7 Å². The molecule has 1 heterocycles. The number of halogens is 2. The van der Waals surface area contributed by atoms with Crippen LogP contribution in [0.2, 0.25) is 5.02 Å². The zero-order chi connectivity index (χ0) is 16.2. The van der Waals surface area contributed by atoms with Crippen LogP contribution < -0.4 is 5.32 Å². The molecular formula is C17H15ClFN3O. The first-order valence-electron chi connectivity index (χ1n) is 7.24. The van der Waals surface area contributed by atoms with Crippen molar-refractivity contribution in [3.8, 4) is 0 Å². The molecule has 0 fully saturated rings. The number of hydrogen-bond donors (Lipinski definition) is 1. The molecule has 6 heteroatoms. The lowest BCUT2D eigenvalue weighted by Crippen LogP contribution is -2.42. The van der Waals surface area contributed by atoms with Crippen LogP contribution in [0.5, 0.6) is 0 Å². The maximum atomic E-state index is 12.9. The van der Waals surface area contributed by atoms with E-state index in [0.717, 1.165) is 11.1 Å². The molecule has 118 valence electrons. The number of urea groups is 1. The van der Waals surface area contributed by atoms with Gasteiger partial charge in [0.2, 0.25) is 0 Å². The number of nitrogens with one attached hydrogen (secondary N) is 1. The molecule has 2 amide bonds. The molecule has 0 spiro atoms. The van der Waals surface area contributed by atoms with E-state index in [2.05, 4.69) is 10.3 Å². The Labute approximate surface area is 138 Å². The standard InChI is InChI=1S/C17H15ClFN3O/c18-14-3-1-2-13(10-14)16-20-8-9-22(16)17(23)21-11-12-4-6-15(19)7-5-12/h1-7,10H,8-9,11H2,(H,21,23). The maximum Gasteiger partial charge on any atom is 0.323 e. The molecule has 0 atom stereocenters. The molecule has 1 aliphatic rings. The molecule has 23 heavy (non-hydrogen) atoms. The third-order valence-electron chi connectivity index (χ3n) is 3.53. The van der Waals surface area contributed by atoms with E-state index in [1.54, 1.807) is 29.2 Å². The van der Waals surface area contributed by atoms with Crippen LogP contribution in [0.1, 0.15) is 11.1 Å². The average Bonchev–Trinajstić information content (AvgIpc) is 3.04. The van der Waals surface area contributed by atoms with Crippen molar-refractivity contribution in [2.24, 2.45) is 4.99 Å². The number of amidine groups is 1. The Kier molecular flexibility index (Phi) is 4.57. The van der Waals surface area contributed by atoms with Crippen molar-refractivity contribution in [2.45, 2.75) is 6.54 Å². The first-order valence-corrected chi connectivity index (χ1v) is 7.61. The lowest BCUT2D eigenvalue weighted by atomic mass is 10.2. The van der Waals surface area contributed by atoms with Crippen molar-refractivity contribution >= 4 is 23.5 Å². The Morgan fingerprint density at radius 2 is 2.04 bits per heavy atom. The van der Waals surface area contributed by atoms with Crippen LogP contribution in [-0.2, 0) is 6.54 Å². The highest BCUT2D eigenvalue weighted by molar-refractivity contribution is 6.31. The van der Waals surface area contributed by atoms with E-state index in [-0.39, 0.29) is 11.8 Å². The van der Waals surface area contributed by atoms with E-state index >= 15 is 0 Å². The molecule has 4 nitrogen and oxygen atoms in total. The smallest absolute Gasteiger partial charge is 0.323 e. The van der Waals surface area contributed by atoms with Gasteiger partial charge in [-0.3, -0.25) is 9.89 Å². The first kappa shape index (κ1) is 15.5. The maximum absolute atomic E-state index is 12.9. The Balaban J connectivity index is 1.67. The summed E-state index contributed by atoms with van der Waals surface area (Å²) in [5, 5.41) is 3.43. The van der Waals surface area contributed by atoms with Crippen LogP contribution in [-0.4, -0.2) is 29.9 Å². The van der Waals surface area contributed by atoms with E-state index in [9.17, 15) is 9.18 Å². The van der Waals surface area contributed by atoms with Gasteiger partial charge in [0.05, 0.1) is 6.54 Å². The SMILES string of the molecule is O=C(NCc1ccc(F)cc1)N1CCN=C1c1cccc(Cl)c1. The van der Waals surface area contributed by atoms with Gasteiger partial charge in [-0.2, -0.15) is 0 Å². The van der Waals surface area contributed by atoms with Crippen LogP contribution in [0.25, 0.3) is 0 Å². The summed E-state index contributed by atoms with van der Waals surface area (Å²) in [6, 6.07) is 13.1. The highest BCUT2D eigenvalue weighted by Crippen LogP contribution is 2.16. The molecule has 2 aromatic rings. The minimum Gasteiger partial charge on any atom is -0.334 e. The summed E-state index contributed by atoms with van der Waals surface area (Å²) >= 11 is 6.00. The van der Waals surface area contributed by atoms with Crippen LogP contribution in [0, 0.1) is 5.82 Å². The van der Waals surface area contributed by atoms with Crippen molar-refractivity contribution in [3.63, 3.8) is 0 Å². The molecule has 0 aromatic heterocycles. The number of rotatable bonds is 3. The molecule has 0 aliphatic carbocycles. The molecule has 0 radical (unpaired) electrons. The third-order valence-corrected chi connectivity index (χ3v) is 3.76. The molecule has 0 saturated heterocycles. The van der Waals surface area contributed by atoms with Gasteiger partial charge < -0.3 is 5.32 Å². The topological polar surface area (TPSA) is 44.7 Å². The highest BCUT2D eigenvalue weighted by atomic mass is 35.5. The van der Waals surface area contributed by atoms with Gasteiger partial charge in [-0.15, -0.1) is 0 Å². The Morgan fingerprint density at radius 1 is 1.26 bits per heavy atom. The molecule has 1 N–H and O–H groups in total. The molecular weight excluding hydrogens is 317 g/mol. The number of hydrogen-bond acceptors (Lipinski definition) is 2. The zero-order valence-electron chi connectivity index (χ0n) is 12.3. The Morgan fingerprint density at radius 3 is 2.78 bits per heavy atom. The monoisotopic (exact) mass is 331 g/mol. The minimum absolute atomic E-state index is 0.231.